The molecule has 0 radical (unpaired) electrons. The molecule has 2 aromatic rings. The molecule has 1 saturated carbocycles. The minimum absolute atomic E-state index is 0.0395. The van der Waals surface area contributed by atoms with Crippen molar-refractivity contribution < 1.29 is 23.6 Å². The van der Waals surface area contributed by atoms with Gasteiger partial charge in [0.2, 0.25) is 0 Å². The first-order valence-electron chi connectivity index (χ1n) is 10.8. The van der Waals surface area contributed by atoms with Crippen molar-refractivity contribution in [1.82, 2.24) is 10.2 Å². The number of Topliss-reactive ketones (excluding diaryl/α,β-unsaturated/α-hetero) is 2. The summed E-state index contributed by atoms with van der Waals surface area (Å²) >= 11 is 0. The summed E-state index contributed by atoms with van der Waals surface area (Å²) in [6, 6.07) is 10.1. The van der Waals surface area contributed by atoms with E-state index in [1.54, 1.807) is 36.4 Å². The number of benzene rings is 2. The third kappa shape index (κ3) is 4.07. The average Bonchev–Trinajstić information content (AvgIpc) is 3.08. The van der Waals surface area contributed by atoms with Crippen molar-refractivity contribution in [2.45, 2.75) is 51.7 Å². The molecule has 1 unspecified atom stereocenters. The van der Waals surface area contributed by atoms with Gasteiger partial charge < -0.3 is 10.2 Å². The fourth-order valence-electron chi connectivity index (χ4n) is 4.48. The highest BCUT2D eigenvalue weighted by molar-refractivity contribution is 6.08. The van der Waals surface area contributed by atoms with Crippen LogP contribution in [0.3, 0.4) is 0 Å². The van der Waals surface area contributed by atoms with Gasteiger partial charge in [-0.25, -0.2) is 4.39 Å². The molecule has 1 heterocycles. The Hall–Kier alpha value is -3.35. The van der Waals surface area contributed by atoms with E-state index in [-0.39, 0.29) is 54.5 Å². The van der Waals surface area contributed by atoms with Gasteiger partial charge in [-0.1, -0.05) is 32.0 Å². The first kappa shape index (κ1) is 21.9. The van der Waals surface area contributed by atoms with Crippen molar-refractivity contribution in [2.24, 2.45) is 5.92 Å². The van der Waals surface area contributed by atoms with Crippen LogP contribution >= 0.6 is 0 Å². The summed E-state index contributed by atoms with van der Waals surface area (Å²) in [6.45, 7) is 4.03. The number of fused-ring (bicyclic) bond motifs is 1. The van der Waals surface area contributed by atoms with Crippen LogP contribution in [0.15, 0.2) is 42.5 Å². The van der Waals surface area contributed by atoms with E-state index in [0.29, 0.717) is 28.7 Å². The number of carbonyl (C=O) groups is 4. The van der Waals surface area contributed by atoms with Gasteiger partial charge in [0.05, 0.1) is 18.5 Å². The molecule has 2 amide bonds. The van der Waals surface area contributed by atoms with E-state index < -0.39 is 12.1 Å². The zero-order valence-electron chi connectivity index (χ0n) is 18.1. The molecule has 7 heteroatoms. The van der Waals surface area contributed by atoms with Crippen molar-refractivity contribution in [3.8, 4) is 0 Å². The molecular weight excluding hydrogens is 411 g/mol. The lowest BCUT2D eigenvalue weighted by Gasteiger charge is -2.29. The number of hydrogen-bond donors (Lipinski definition) is 1. The fraction of sp³-hybridized carbons (Fsp3) is 0.360. The highest BCUT2D eigenvalue weighted by Gasteiger charge is 2.39. The molecule has 2 atom stereocenters. The molecular formula is C25H25FN2O4. The van der Waals surface area contributed by atoms with Crippen LogP contribution in [0, 0.1) is 11.7 Å². The maximum atomic E-state index is 14.3. The number of ketones is 2. The van der Waals surface area contributed by atoms with Crippen LogP contribution < -0.4 is 5.32 Å². The van der Waals surface area contributed by atoms with Gasteiger partial charge in [-0.3, -0.25) is 19.2 Å². The molecule has 32 heavy (non-hydrogen) atoms. The SMILES string of the molecule is CC(C)[C@H](NC(=O)c1ccc2c(c1)CN(C1CCC(=O)CC1=O)C2=O)c1ccccc1F. The second-order valence-electron chi connectivity index (χ2n) is 8.76. The number of carbonyl (C=O) groups excluding carboxylic acids is 4. The molecule has 4 rings (SSSR count). The quantitative estimate of drug-likeness (QED) is 0.726. The monoisotopic (exact) mass is 436 g/mol. The summed E-state index contributed by atoms with van der Waals surface area (Å²) in [7, 11) is 0. The summed E-state index contributed by atoms with van der Waals surface area (Å²) in [5.41, 5.74) is 1.91. The third-order valence-electron chi connectivity index (χ3n) is 6.21. The molecule has 0 aromatic heterocycles. The zero-order valence-corrected chi connectivity index (χ0v) is 18.1. The fourth-order valence-corrected chi connectivity index (χ4v) is 4.48. The van der Waals surface area contributed by atoms with E-state index in [4.69, 9.17) is 0 Å². The Morgan fingerprint density at radius 3 is 2.56 bits per heavy atom. The summed E-state index contributed by atoms with van der Waals surface area (Å²) in [5.74, 6) is -1.36. The Morgan fingerprint density at radius 2 is 1.88 bits per heavy atom. The van der Waals surface area contributed by atoms with Crippen LogP contribution in [0.25, 0.3) is 0 Å². The van der Waals surface area contributed by atoms with Gasteiger partial charge in [-0.2, -0.15) is 0 Å². The maximum Gasteiger partial charge on any atom is 0.255 e. The third-order valence-corrected chi connectivity index (χ3v) is 6.21. The Balaban J connectivity index is 1.53. The minimum atomic E-state index is -0.601. The molecule has 0 spiro atoms. The van der Waals surface area contributed by atoms with Crippen LogP contribution in [-0.2, 0) is 16.1 Å². The molecule has 166 valence electrons. The summed E-state index contributed by atoms with van der Waals surface area (Å²) in [4.78, 5) is 51.1. The number of nitrogens with zero attached hydrogens (tertiary/aromatic N) is 1. The number of hydrogen-bond acceptors (Lipinski definition) is 4. The summed E-state index contributed by atoms with van der Waals surface area (Å²) in [6.07, 6.45) is 0.491. The minimum Gasteiger partial charge on any atom is -0.345 e. The molecule has 1 aliphatic carbocycles. The van der Waals surface area contributed by atoms with Gasteiger partial charge in [0.15, 0.2) is 5.78 Å². The Bertz CT molecular complexity index is 1110. The second kappa shape index (κ2) is 8.65. The van der Waals surface area contributed by atoms with Crippen molar-refractivity contribution >= 4 is 23.4 Å². The van der Waals surface area contributed by atoms with Crippen LogP contribution in [0.1, 0.15) is 71.0 Å². The summed E-state index contributed by atoms with van der Waals surface area (Å²) < 4.78 is 14.3. The highest BCUT2D eigenvalue weighted by Crippen LogP contribution is 2.30. The van der Waals surface area contributed by atoms with Gasteiger partial charge in [-0.05, 0) is 42.2 Å². The molecule has 1 aliphatic heterocycles. The zero-order chi connectivity index (χ0) is 23.0. The Labute approximate surface area is 185 Å². The lowest BCUT2D eigenvalue weighted by Crippen LogP contribution is -2.44. The van der Waals surface area contributed by atoms with E-state index in [1.807, 2.05) is 13.8 Å². The number of rotatable bonds is 5. The van der Waals surface area contributed by atoms with Gasteiger partial charge in [0.25, 0.3) is 11.8 Å². The van der Waals surface area contributed by atoms with Gasteiger partial charge in [-0.15, -0.1) is 0 Å². The van der Waals surface area contributed by atoms with E-state index in [2.05, 4.69) is 5.32 Å². The van der Waals surface area contributed by atoms with Crippen molar-refractivity contribution in [3.63, 3.8) is 0 Å². The van der Waals surface area contributed by atoms with E-state index in [1.165, 1.54) is 11.0 Å². The number of halogens is 1. The first-order chi connectivity index (χ1) is 15.3. The molecule has 1 N–H and O–H groups in total. The van der Waals surface area contributed by atoms with Crippen molar-refractivity contribution in [1.29, 1.82) is 0 Å². The van der Waals surface area contributed by atoms with Gasteiger partial charge >= 0.3 is 0 Å². The Kier molecular flexibility index (Phi) is 5.91. The van der Waals surface area contributed by atoms with E-state index in [9.17, 15) is 23.6 Å². The molecule has 1 fully saturated rings. The molecule has 2 aliphatic rings. The maximum absolute atomic E-state index is 14.3. The lowest BCUT2D eigenvalue weighted by atomic mass is 9.92. The molecule has 2 aromatic carbocycles. The predicted molar refractivity (Wildman–Crippen MR) is 115 cm³/mol. The lowest BCUT2D eigenvalue weighted by molar-refractivity contribution is -0.133. The predicted octanol–water partition coefficient (Wildman–Crippen LogP) is 3.60. The number of nitrogens with one attached hydrogen (secondary N) is 1. The smallest absolute Gasteiger partial charge is 0.255 e. The highest BCUT2D eigenvalue weighted by atomic mass is 19.1. The molecule has 0 saturated heterocycles. The van der Waals surface area contributed by atoms with Crippen LogP contribution in [0.5, 0.6) is 0 Å². The normalized spacial score (nSPS) is 19.3. The van der Waals surface area contributed by atoms with Crippen LogP contribution in [-0.4, -0.2) is 34.3 Å². The molecule has 6 nitrogen and oxygen atoms in total. The van der Waals surface area contributed by atoms with E-state index in [0.717, 1.165) is 0 Å². The first-order valence-corrected chi connectivity index (χ1v) is 10.8. The summed E-state index contributed by atoms with van der Waals surface area (Å²) in [5, 5.41) is 2.91. The van der Waals surface area contributed by atoms with Gasteiger partial charge in [0.1, 0.15) is 11.6 Å². The van der Waals surface area contributed by atoms with Gasteiger partial charge in [0, 0.05) is 29.7 Å². The molecule has 0 bridgehead atoms. The number of amides is 2. The van der Waals surface area contributed by atoms with Crippen molar-refractivity contribution in [3.05, 3.63) is 70.5 Å². The van der Waals surface area contributed by atoms with Crippen molar-refractivity contribution in [2.75, 3.05) is 0 Å². The largest absolute Gasteiger partial charge is 0.345 e. The van der Waals surface area contributed by atoms with E-state index >= 15 is 0 Å². The van der Waals surface area contributed by atoms with Crippen LogP contribution in [0.4, 0.5) is 4.39 Å². The topological polar surface area (TPSA) is 83.6 Å². The standard InChI is InChI=1S/C25H25FN2O4/c1-14(2)23(19-5-3-4-6-20(19)26)27-24(31)15-7-9-18-16(11-15)13-28(25(18)32)21-10-8-17(29)12-22(21)30/h3-7,9,11,14,21,23H,8,10,12-13H2,1-2H3,(H,27,31)/t21?,23-/m0/s1. The van der Waals surface area contributed by atoms with Crippen LogP contribution in [0.2, 0.25) is 0 Å². The average molecular weight is 436 g/mol. The second-order valence-corrected chi connectivity index (χ2v) is 8.76. The Morgan fingerprint density at radius 1 is 1.12 bits per heavy atom.